The lowest BCUT2D eigenvalue weighted by atomic mass is 9.94. The summed E-state index contributed by atoms with van der Waals surface area (Å²) in [5, 5.41) is 17.1. The Hall–Kier alpha value is -2.34. The predicted molar refractivity (Wildman–Crippen MR) is 127 cm³/mol. The normalized spacial score (nSPS) is 16.4. The van der Waals surface area contributed by atoms with E-state index in [1.54, 1.807) is 13.8 Å². The third kappa shape index (κ3) is 10.9. The molecule has 0 aromatic heterocycles. The Kier molecular flexibility index (Phi) is 14.4. The minimum absolute atomic E-state index is 0.243. The van der Waals surface area contributed by atoms with Crippen molar-refractivity contribution in [3.8, 4) is 0 Å². The van der Waals surface area contributed by atoms with E-state index in [2.05, 4.69) is 16.0 Å². The summed E-state index contributed by atoms with van der Waals surface area (Å²) in [5.74, 6) is -3.86. The third-order valence-electron chi connectivity index (χ3n) is 5.57. The minimum Gasteiger partial charge on any atom is -0.480 e. The molecule has 0 bridgehead atoms. The van der Waals surface area contributed by atoms with Gasteiger partial charge in [0.15, 0.2) is 0 Å². The highest BCUT2D eigenvalue weighted by Gasteiger charge is 2.34. The fourth-order valence-corrected chi connectivity index (χ4v) is 3.44. The first-order chi connectivity index (χ1) is 15.4. The molecule has 4 amide bonds. The molecule has 0 saturated carbocycles. The number of primary amides is 1. The first-order valence-electron chi connectivity index (χ1n) is 11.1. The highest BCUT2D eigenvalue weighted by Crippen LogP contribution is 2.13. The molecule has 11 nitrogen and oxygen atoms in total. The Morgan fingerprint density at radius 3 is 1.73 bits per heavy atom. The quantitative estimate of drug-likeness (QED) is 0.168. The maximum absolute atomic E-state index is 13.1. The van der Waals surface area contributed by atoms with Gasteiger partial charge in [0.25, 0.3) is 0 Å². The van der Waals surface area contributed by atoms with Crippen molar-refractivity contribution in [1.82, 2.24) is 16.0 Å². The summed E-state index contributed by atoms with van der Waals surface area (Å²) < 4.78 is 0. The van der Waals surface area contributed by atoms with Crippen LogP contribution in [0.2, 0.25) is 0 Å². The van der Waals surface area contributed by atoms with Crippen molar-refractivity contribution in [2.24, 2.45) is 23.3 Å². The molecule has 0 saturated heterocycles. The van der Waals surface area contributed by atoms with Crippen LogP contribution in [0.4, 0.5) is 0 Å². The molecule has 12 heteroatoms. The molecule has 8 N–H and O–H groups in total. The van der Waals surface area contributed by atoms with Crippen LogP contribution in [0.25, 0.3) is 0 Å². The van der Waals surface area contributed by atoms with Crippen molar-refractivity contribution in [3.05, 3.63) is 0 Å². The second-order valence-electron chi connectivity index (χ2n) is 8.20. The van der Waals surface area contributed by atoms with Crippen LogP contribution in [0.15, 0.2) is 0 Å². The van der Waals surface area contributed by atoms with Gasteiger partial charge >= 0.3 is 5.97 Å². The molecular weight excluding hydrogens is 450 g/mol. The first-order valence-corrected chi connectivity index (χ1v) is 12.4. The second kappa shape index (κ2) is 15.5. The van der Waals surface area contributed by atoms with Crippen LogP contribution in [0.5, 0.6) is 0 Å². The molecule has 0 fully saturated rings. The fraction of sp³-hybridized carbons (Fsp3) is 0.762. The standard InChI is InChI=1S/C21H39N5O6S/c1-6-11(3)16(19(29)24-14(21(31)32)8-9-33-5)26-20(30)17(12(4)7-2)25-18(28)13(22)10-15(23)27/h11-14,16-17H,6-10,22H2,1-5H3,(H2,23,27)(H,24,29)(H,25,28)(H,26,30)(H,31,32). The van der Waals surface area contributed by atoms with Crippen molar-refractivity contribution in [2.75, 3.05) is 12.0 Å². The Morgan fingerprint density at radius 1 is 0.879 bits per heavy atom. The van der Waals surface area contributed by atoms with Crippen molar-refractivity contribution in [3.63, 3.8) is 0 Å². The van der Waals surface area contributed by atoms with Gasteiger partial charge in [0.1, 0.15) is 18.1 Å². The summed E-state index contributed by atoms with van der Waals surface area (Å²) in [6.45, 7) is 7.20. The van der Waals surface area contributed by atoms with E-state index >= 15 is 0 Å². The van der Waals surface area contributed by atoms with E-state index in [1.165, 1.54) is 11.8 Å². The number of nitrogens with two attached hydrogens (primary N) is 2. The van der Waals surface area contributed by atoms with Crippen molar-refractivity contribution in [2.45, 2.75) is 77.5 Å². The van der Waals surface area contributed by atoms with E-state index in [1.807, 2.05) is 20.1 Å². The zero-order valence-corrected chi connectivity index (χ0v) is 20.9. The second-order valence-corrected chi connectivity index (χ2v) is 9.19. The van der Waals surface area contributed by atoms with Gasteiger partial charge in [0.05, 0.1) is 12.5 Å². The molecule has 0 aliphatic heterocycles. The van der Waals surface area contributed by atoms with Crippen LogP contribution in [-0.4, -0.2) is 70.9 Å². The van der Waals surface area contributed by atoms with Gasteiger partial charge in [-0.15, -0.1) is 0 Å². The van der Waals surface area contributed by atoms with Crippen LogP contribution in [0, 0.1) is 11.8 Å². The molecule has 190 valence electrons. The van der Waals surface area contributed by atoms with Crippen molar-refractivity contribution < 1.29 is 29.1 Å². The Labute approximate surface area is 199 Å². The number of nitrogens with one attached hydrogen (secondary N) is 3. The smallest absolute Gasteiger partial charge is 0.326 e. The van der Waals surface area contributed by atoms with Gasteiger partial charge in [-0.05, 0) is 30.3 Å². The van der Waals surface area contributed by atoms with E-state index in [9.17, 15) is 29.1 Å². The lowest BCUT2D eigenvalue weighted by Gasteiger charge is -2.30. The Morgan fingerprint density at radius 2 is 1.33 bits per heavy atom. The van der Waals surface area contributed by atoms with Gasteiger partial charge in [0.2, 0.25) is 23.6 Å². The molecule has 6 atom stereocenters. The van der Waals surface area contributed by atoms with E-state index in [0.717, 1.165) is 0 Å². The van der Waals surface area contributed by atoms with Gasteiger partial charge in [0, 0.05) is 0 Å². The van der Waals surface area contributed by atoms with Crippen molar-refractivity contribution in [1.29, 1.82) is 0 Å². The number of hydrogen-bond acceptors (Lipinski definition) is 7. The molecule has 0 rings (SSSR count). The van der Waals surface area contributed by atoms with E-state index < -0.39 is 53.8 Å². The van der Waals surface area contributed by atoms with Gasteiger partial charge in [-0.3, -0.25) is 19.2 Å². The number of aliphatic carboxylic acids is 1. The first kappa shape index (κ1) is 30.7. The fourth-order valence-electron chi connectivity index (χ4n) is 2.97. The summed E-state index contributed by atoms with van der Waals surface area (Å²) >= 11 is 1.46. The summed E-state index contributed by atoms with van der Waals surface area (Å²) in [4.78, 5) is 61.0. The molecule has 0 aliphatic rings. The third-order valence-corrected chi connectivity index (χ3v) is 6.21. The lowest BCUT2D eigenvalue weighted by Crippen LogP contribution is -2.60. The zero-order chi connectivity index (χ0) is 25.7. The molecule has 6 unspecified atom stereocenters. The molecule has 0 aromatic rings. The van der Waals surface area contributed by atoms with Crippen LogP contribution in [0.3, 0.4) is 0 Å². The largest absolute Gasteiger partial charge is 0.480 e. The molecule has 0 radical (unpaired) electrons. The highest BCUT2D eigenvalue weighted by molar-refractivity contribution is 7.98. The highest BCUT2D eigenvalue weighted by atomic mass is 32.2. The van der Waals surface area contributed by atoms with Crippen LogP contribution in [-0.2, 0) is 24.0 Å². The molecular formula is C21H39N5O6S. The molecule has 0 aromatic carbocycles. The summed E-state index contributed by atoms with van der Waals surface area (Å²) in [7, 11) is 0. The van der Waals surface area contributed by atoms with Crippen molar-refractivity contribution >= 4 is 41.4 Å². The molecule has 0 heterocycles. The SMILES string of the molecule is CCC(C)C(NC(=O)C(N)CC(N)=O)C(=O)NC(C(=O)NC(CCSC)C(=O)O)C(C)CC. The molecule has 0 spiro atoms. The summed E-state index contributed by atoms with van der Waals surface area (Å²) in [5.41, 5.74) is 10.8. The number of carboxylic acid groups (broad SMARTS) is 1. The van der Waals surface area contributed by atoms with Crippen LogP contribution < -0.4 is 27.4 Å². The van der Waals surface area contributed by atoms with Gasteiger partial charge in [-0.25, -0.2) is 4.79 Å². The summed E-state index contributed by atoms with van der Waals surface area (Å²) in [6.07, 6.45) is 2.80. The van der Waals surface area contributed by atoms with Gasteiger partial charge < -0.3 is 32.5 Å². The lowest BCUT2D eigenvalue weighted by molar-refractivity contribution is -0.142. The maximum atomic E-state index is 13.1. The zero-order valence-electron chi connectivity index (χ0n) is 20.1. The molecule has 33 heavy (non-hydrogen) atoms. The summed E-state index contributed by atoms with van der Waals surface area (Å²) in [6, 6.07) is -4.29. The van der Waals surface area contributed by atoms with E-state index in [-0.39, 0.29) is 24.7 Å². The van der Waals surface area contributed by atoms with Gasteiger partial charge in [-0.2, -0.15) is 11.8 Å². The predicted octanol–water partition coefficient (Wildman–Crippen LogP) is -0.427. The number of rotatable bonds is 16. The maximum Gasteiger partial charge on any atom is 0.326 e. The average Bonchev–Trinajstić information content (AvgIpc) is 2.76. The molecule has 0 aliphatic carbocycles. The topological polar surface area (TPSA) is 194 Å². The van der Waals surface area contributed by atoms with Crippen LogP contribution >= 0.6 is 11.8 Å². The van der Waals surface area contributed by atoms with Gasteiger partial charge in [-0.1, -0.05) is 40.5 Å². The minimum atomic E-state index is -1.21. The number of carboxylic acids is 1. The number of amides is 4. The van der Waals surface area contributed by atoms with E-state index in [4.69, 9.17) is 11.5 Å². The van der Waals surface area contributed by atoms with Crippen LogP contribution in [0.1, 0.15) is 53.4 Å². The number of hydrogen-bond donors (Lipinski definition) is 6. The monoisotopic (exact) mass is 489 g/mol. The Bertz CT molecular complexity index is 692. The average molecular weight is 490 g/mol. The Balaban J connectivity index is 5.58. The van der Waals surface area contributed by atoms with E-state index in [0.29, 0.717) is 18.6 Å². The number of thioether (sulfide) groups is 1. The number of carbonyl (C=O) groups excluding carboxylic acids is 4. The number of carbonyl (C=O) groups is 5.